The number of nitriles is 1. The van der Waals surface area contributed by atoms with E-state index in [2.05, 4.69) is 4.72 Å². The molecule has 17 heavy (non-hydrogen) atoms. The first-order valence-corrected chi connectivity index (χ1v) is 6.72. The highest BCUT2D eigenvalue weighted by molar-refractivity contribution is 7.88. The molecule has 0 heterocycles. The molecule has 0 bridgehead atoms. The van der Waals surface area contributed by atoms with E-state index in [-0.39, 0.29) is 12.3 Å². The minimum absolute atomic E-state index is 0.00138. The lowest BCUT2D eigenvalue weighted by molar-refractivity contribution is 0.198. The molecule has 92 valence electrons. The average molecular weight is 254 g/mol. The Hall–Kier alpha value is -1.42. The first-order valence-electron chi connectivity index (χ1n) is 5.07. The van der Waals surface area contributed by atoms with Crippen LogP contribution in [-0.4, -0.2) is 26.2 Å². The van der Waals surface area contributed by atoms with Crippen molar-refractivity contribution in [2.45, 2.75) is 18.8 Å². The van der Waals surface area contributed by atoms with E-state index < -0.39 is 16.1 Å². The van der Waals surface area contributed by atoms with Gasteiger partial charge in [-0.1, -0.05) is 12.1 Å². The molecule has 1 aromatic rings. The van der Waals surface area contributed by atoms with Crippen molar-refractivity contribution in [2.75, 3.05) is 6.54 Å². The Kier molecular flexibility index (Phi) is 4.63. The number of sulfonamides is 1. The van der Waals surface area contributed by atoms with E-state index in [1.54, 1.807) is 24.3 Å². The van der Waals surface area contributed by atoms with Crippen molar-refractivity contribution in [3.05, 3.63) is 35.4 Å². The van der Waals surface area contributed by atoms with Gasteiger partial charge in [-0.15, -0.1) is 0 Å². The van der Waals surface area contributed by atoms with E-state index in [9.17, 15) is 8.42 Å². The van der Waals surface area contributed by atoms with Crippen LogP contribution in [0.1, 0.15) is 18.1 Å². The number of benzene rings is 1. The summed E-state index contributed by atoms with van der Waals surface area (Å²) in [7, 11) is -3.44. The van der Waals surface area contributed by atoms with Gasteiger partial charge in [-0.05, 0) is 24.6 Å². The van der Waals surface area contributed by atoms with Gasteiger partial charge in [0.2, 0.25) is 10.0 Å². The van der Waals surface area contributed by atoms with E-state index in [0.29, 0.717) is 11.1 Å². The number of hydrogen-bond donors (Lipinski definition) is 2. The first-order chi connectivity index (χ1) is 7.93. The molecule has 5 nitrogen and oxygen atoms in total. The van der Waals surface area contributed by atoms with Crippen molar-refractivity contribution in [1.29, 1.82) is 5.26 Å². The number of nitrogens with zero attached hydrogens (tertiary/aromatic N) is 1. The fourth-order valence-electron chi connectivity index (χ4n) is 1.19. The van der Waals surface area contributed by atoms with Crippen LogP contribution < -0.4 is 4.72 Å². The van der Waals surface area contributed by atoms with E-state index in [1.165, 1.54) is 6.92 Å². The van der Waals surface area contributed by atoms with E-state index in [1.807, 2.05) is 6.07 Å². The molecule has 1 rings (SSSR count). The van der Waals surface area contributed by atoms with Gasteiger partial charge < -0.3 is 5.11 Å². The third-order valence-electron chi connectivity index (χ3n) is 2.04. The number of nitrogens with one attached hydrogen (secondary N) is 1. The second-order valence-corrected chi connectivity index (χ2v) is 5.57. The van der Waals surface area contributed by atoms with Crippen LogP contribution in [0.3, 0.4) is 0 Å². The summed E-state index contributed by atoms with van der Waals surface area (Å²) in [6.45, 7) is 1.50. The highest BCUT2D eigenvalue weighted by Crippen LogP contribution is 2.07. The van der Waals surface area contributed by atoms with E-state index >= 15 is 0 Å². The van der Waals surface area contributed by atoms with Crippen LogP contribution in [0.5, 0.6) is 0 Å². The summed E-state index contributed by atoms with van der Waals surface area (Å²) in [4.78, 5) is 0. The molecule has 1 unspecified atom stereocenters. The first kappa shape index (κ1) is 13.6. The number of aliphatic hydroxyl groups is 1. The number of rotatable bonds is 5. The second kappa shape index (κ2) is 5.77. The van der Waals surface area contributed by atoms with Crippen molar-refractivity contribution in [3.63, 3.8) is 0 Å². The maximum Gasteiger partial charge on any atom is 0.215 e. The molecule has 0 spiro atoms. The smallest absolute Gasteiger partial charge is 0.215 e. The highest BCUT2D eigenvalue weighted by atomic mass is 32.2. The van der Waals surface area contributed by atoms with Crippen LogP contribution >= 0.6 is 0 Å². The lowest BCUT2D eigenvalue weighted by Gasteiger charge is -2.08. The molecular weight excluding hydrogens is 240 g/mol. The van der Waals surface area contributed by atoms with Gasteiger partial charge in [-0.3, -0.25) is 0 Å². The molecule has 0 saturated carbocycles. The van der Waals surface area contributed by atoms with E-state index in [4.69, 9.17) is 10.4 Å². The molecule has 1 atom stereocenters. The van der Waals surface area contributed by atoms with Crippen molar-refractivity contribution < 1.29 is 13.5 Å². The third-order valence-corrected chi connectivity index (χ3v) is 3.36. The molecule has 0 aliphatic rings. The van der Waals surface area contributed by atoms with Crippen LogP contribution in [0.25, 0.3) is 0 Å². The lowest BCUT2D eigenvalue weighted by Crippen LogP contribution is -2.31. The molecule has 1 aromatic carbocycles. The maximum atomic E-state index is 11.6. The van der Waals surface area contributed by atoms with Gasteiger partial charge >= 0.3 is 0 Å². The van der Waals surface area contributed by atoms with Crippen LogP contribution in [0.4, 0.5) is 0 Å². The van der Waals surface area contributed by atoms with Crippen molar-refractivity contribution in [1.82, 2.24) is 4.72 Å². The zero-order chi connectivity index (χ0) is 12.9. The largest absolute Gasteiger partial charge is 0.392 e. The molecule has 0 aromatic heterocycles. The summed E-state index contributed by atoms with van der Waals surface area (Å²) in [5.41, 5.74) is 1.09. The van der Waals surface area contributed by atoms with Gasteiger partial charge in [0.05, 0.1) is 23.5 Å². The minimum Gasteiger partial charge on any atom is -0.392 e. The van der Waals surface area contributed by atoms with Crippen LogP contribution in [0, 0.1) is 11.3 Å². The Morgan fingerprint density at radius 1 is 1.41 bits per heavy atom. The molecule has 0 radical (unpaired) electrons. The standard InChI is InChI=1S/C11H14N2O3S/c1-9(14)7-13-17(15,16)8-11-4-2-10(6-12)3-5-11/h2-5,9,13-14H,7-8H2,1H3. The topological polar surface area (TPSA) is 90.2 Å². The number of aliphatic hydroxyl groups excluding tert-OH is 1. The third kappa shape index (κ3) is 4.95. The monoisotopic (exact) mass is 254 g/mol. The van der Waals surface area contributed by atoms with Gasteiger partial charge in [0, 0.05) is 6.54 Å². The molecule has 6 heteroatoms. The summed E-state index contributed by atoms with van der Waals surface area (Å²) in [5, 5.41) is 17.6. The van der Waals surface area contributed by atoms with Gasteiger partial charge in [-0.25, -0.2) is 13.1 Å². The van der Waals surface area contributed by atoms with Crippen molar-refractivity contribution in [3.8, 4) is 6.07 Å². The Morgan fingerprint density at radius 2 is 2.00 bits per heavy atom. The second-order valence-electron chi connectivity index (χ2n) is 3.77. The van der Waals surface area contributed by atoms with Gasteiger partial charge in [-0.2, -0.15) is 5.26 Å². The predicted molar refractivity (Wildman–Crippen MR) is 63.5 cm³/mol. The molecule has 0 aliphatic carbocycles. The van der Waals surface area contributed by atoms with Gasteiger partial charge in [0.15, 0.2) is 0 Å². The van der Waals surface area contributed by atoms with Gasteiger partial charge in [0.25, 0.3) is 0 Å². The van der Waals surface area contributed by atoms with Crippen LogP contribution in [0.15, 0.2) is 24.3 Å². The minimum atomic E-state index is -3.44. The zero-order valence-electron chi connectivity index (χ0n) is 9.42. The molecular formula is C11H14N2O3S. The Bertz CT molecular complexity index is 501. The quantitative estimate of drug-likeness (QED) is 0.793. The summed E-state index contributed by atoms with van der Waals surface area (Å²) in [6.07, 6.45) is -0.717. The molecule has 0 saturated heterocycles. The van der Waals surface area contributed by atoms with Crippen molar-refractivity contribution in [2.24, 2.45) is 0 Å². The Labute approximate surface area is 101 Å². The zero-order valence-corrected chi connectivity index (χ0v) is 10.2. The van der Waals surface area contributed by atoms with Crippen molar-refractivity contribution >= 4 is 10.0 Å². The molecule has 0 aliphatic heterocycles. The Morgan fingerprint density at radius 3 is 2.47 bits per heavy atom. The average Bonchev–Trinajstić information content (AvgIpc) is 2.27. The fraction of sp³-hybridized carbons (Fsp3) is 0.364. The Balaban J connectivity index is 2.67. The summed E-state index contributed by atoms with van der Waals surface area (Å²) in [6, 6.07) is 8.29. The van der Waals surface area contributed by atoms with Gasteiger partial charge in [0.1, 0.15) is 0 Å². The van der Waals surface area contributed by atoms with Crippen LogP contribution in [0.2, 0.25) is 0 Å². The summed E-state index contributed by atoms with van der Waals surface area (Å²) < 4.78 is 25.4. The molecule has 0 amide bonds. The normalized spacial score (nSPS) is 13.0. The predicted octanol–water partition coefficient (Wildman–Crippen LogP) is 0.358. The lowest BCUT2D eigenvalue weighted by atomic mass is 10.2. The SMILES string of the molecule is CC(O)CNS(=O)(=O)Cc1ccc(C#N)cc1. The number of hydrogen-bond acceptors (Lipinski definition) is 4. The molecule has 0 fully saturated rings. The highest BCUT2D eigenvalue weighted by Gasteiger charge is 2.11. The fourth-order valence-corrected chi connectivity index (χ4v) is 2.42. The van der Waals surface area contributed by atoms with E-state index in [0.717, 1.165) is 0 Å². The molecule has 2 N–H and O–H groups in total. The maximum absolute atomic E-state index is 11.6. The summed E-state index contributed by atoms with van der Waals surface area (Å²) in [5.74, 6) is -0.161. The van der Waals surface area contributed by atoms with Crippen LogP contribution in [-0.2, 0) is 15.8 Å². The summed E-state index contributed by atoms with van der Waals surface area (Å²) >= 11 is 0.